The van der Waals surface area contributed by atoms with Gasteiger partial charge in [0.05, 0.1) is 38.0 Å². The number of hydrogen-bond acceptors (Lipinski definition) is 7. The van der Waals surface area contributed by atoms with Crippen LogP contribution in [0, 0.1) is 6.92 Å². The number of carbonyl (C=O) groups is 1. The molecule has 3 saturated heterocycles. The first-order valence-corrected chi connectivity index (χ1v) is 13.0. The van der Waals surface area contributed by atoms with Crippen molar-refractivity contribution >= 4 is 28.2 Å². The van der Waals surface area contributed by atoms with E-state index in [1.807, 2.05) is 13.0 Å². The van der Waals surface area contributed by atoms with Gasteiger partial charge in [-0.15, -0.1) is 0 Å². The van der Waals surface area contributed by atoms with E-state index in [-0.39, 0.29) is 5.78 Å². The molecule has 1 aromatic heterocycles. The summed E-state index contributed by atoms with van der Waals surface area (Å²) in [5.41, 5.74) is 6.10. The average Bonchev–Trinajstić information content (AvgIpc) is 2.87. The van der Waals surface area contributed by atoms with Crippen molar-refractivity contribution in [1.82, 2.24) is 9.88 Å². The topological polar surface area (TPSA) is 58.1 Å². The van der Waals surface area contributed by atoms with E-state index in [0.717, 1.165) is 91.5 Å². The zero-order valence-electron chi connectivity index (χ0n) is 21.2. The van der Waals surface area contributed by atoms with Crippen molar-refractivity contribution in [2.24, 2.45) is 0 Å². The number of fused-ring (bicyclic) bond motifs is 1. The molecule has 0 amide bonds. The van der Waals surface area contributed by atoms with Gasteiger partial charge in [0.25, 0.3) is 0 Å². The number of piperazine rings is 1. The molecule has 0 spiro atoms. The van der Waals surface area contributed by atoms with Crippen molar-refractivity contribution in [3.63, 3.8) is 0 Å². The van der Waals surface area contributed by atoms with Gasteiger partial charge in [-0.3, -0.25) is 9.69 Å². The molecule has 0 atom stereocenters. The molecule has 7 nitrogen and oxygen atoms in total. The minimum atomic E-state index is 0.0681. The SMILES string of the molecule is CC(=O)c1cc(C)cc2nc(N3CCOCC3)c(-c3ccc(N4CCN(C5COC5)CC4)cc3)cc12. The molecular formula is C29H34N4O3. The van der Waals surface area contributed by atoms with Crippen LogP contribution in [0.5, 0.6) is 0 Å². The number of morpholine rings is 1. The number of aryl methyl sites for hydroxylation is 1. The van der Waals surface area contributed by atoms with Crippen molar-refractivity contribution < 1.29 is 14.3 Å². The molecule has 0 aliphatic carbocycles. The van der Waals surface area contributed by atoms with Crippen LogP contribution in [-0.2, 0) is 9.47 Å². The lowest BCUT2D eigenvalue weighted by Crippen LogP contribution is -2.56. The van der Waals surface area contributed by atoms with E-state index in [4.69, 9.17) is 14.5 Å². The number of aromatic nitrogens is 1. The molecule has 4 heterocycles. The van der Waals surface area contributed by atoms with Crippen molar-refractivity contribution in [2.75, 3.05) is 75.5 Å². The summed E-state index contributed by atoms with van der Waals surface area (Å²) in [5.74, 6) is 1.04. The number of pyridine rings is 1. The Labute approximate surface area is 212 Å². The molecule has 0 bridgehead atoms. The van der Waals surface area contributed by atoms with E-state index in [1.165, 1.54) is 5.69 Å². The second-order valence-electron chi connectivity index (χ2n) is 10.2. The molecule has 2 aromatic carbocycles. The second kappa shape index (κ2) is 9.81. The highest BCUT2D eigenvalue weighted by atomic mass is 16.5. The first-order valence-electron chi connectivity index (χ1n) is 13.0. The summed E-state index contributed by atoms with van der Waals surface area (Å²) in [6.07, 6.45) is 0. The Morgan fingerprint density at radius 2 is 1.61 bits per heavy atom. The van der Waals surface area contributed by atoms with E-state index in [9.17, 15) is 4.79 Å². The highest BCUT2D eigenvalue weighted by molar-refractivity contribution is 6.08. The van der Waals surface area contributed by atoms with E-state index >= 15 is 0 Å². The summed E-state index contributed by atoms with van der Waals surface area (Å²) in [6.45, 7) is 12.7. The van der Waals surface area contributed by atoms with Gasteiger partial charge in [0, 0.05) is 61.5 Å². The van der Waals surface area contributed by atoms with Crippen LogP contribution in [0.25, 0.3) is 22.0 Å². The average molecular weight is 487 g/mol. The van der Waals surface area contributed by atoms with Gasteiger partial charge in [-0.1, -0.05) is 12.1 Å². The Morgan fingerprint density at radius 3 is 2.25 bits per heavy atom. The highest BCUT2D eigenvalue weighted by Gasteiger charge is 2.29. The fraction of sp³-hybridized carbons (Fsp3) is 0.448. The maximum atomic E-state index is 12.5. The largest absolute Gasteiger partial charge is 0.378 e. The van der Waals surface area contributed by atoms with Gasteiger partial charge >= 0.3 is 0 Å². The van der Waals surface area contributed by atoms with E-state index in [1.54, 1.807) is 6.92 Å². The predicted molar refractivity (Wildman–Crippen MR) is 143 cm³/mol. The van der Waals surface area contributed by atoms with Gasteiger partial charge in [0.1, 0.15) is 5.82 Å². The first kappa shape index (κ1) is 23.4. The summed E-state index contributed by atoms with van der Waals surface area (Å²) in [6, 6.07) is 15.7. The third-order valence-electron chi connectivity index (χ3n) is 7.74. The number of ether oxygens (including phenoxy) is 2. The van der Waals surface area contributed by atoms with Crippen LogP contribution in [0.4, 0.5) is 11.5 Å². The van der Waals surface area contributed by atoms with Crippen LogP contribution in [0.15, 0.2) is 42.5 Å². The molecule has 6 rings (SSSR count). The van der Waals surface area contributed by atoms with Gasteiger partial charge in [0.15, 0.2) is 5.78 Å². The monoisotopic (exact) mass is 486 g/mol. The molecule has 36 heavy (non-hydrogen) atoms. The lowest BCUT2D eigenvalue weighted by molar-refractivity contribution is -0.0660. The summed E-state index contributed by atoms with van der Waals surface area (Å²) in [7, 11) is 0. The minimum Gasteiger partial charge on any atom is -0.378 e. The Bertz CT molecular complexity index is 1260. The first-order chi connectivity index (χ1) is 17.6. The standard InChI is InChI=1S/C29H34N4O3/c1-20-15-25(21(2)34)27-17-26(29(30-28(27)16-20)33-11-13-35-14-12-33)22-3-5-23(6-4-22)31-7-9-32(10-8-31)24-18-36-19-24/h3-6,15-17,24H,7-14,18-19H2,1-2H3. The van der Waals surface area contributed by atoms with Gasteiger partial charge < -0.3 is 19.3 Å². The summed E-state index contributed by atoms with van der Waals surface area (Å²) >= 11 is 0. The number of rotatable bonds is 5. The number of Topliss-reactive ketones (excluding diaryl/α,β-unsaturated/α-hetero) is 1. The predicted octanol–water partition coefficient (Wildman–Crippen LogP) is 3.77. The molecule has 3 aliphatic heterocycles. The van der Waals surface area contributed by atoms with Gasteiger partial charge in [0.2, 0.25) is 0 Å². The van der Waals surface area contributed by atoms with Crippen LogP contribution in [-0.4, -0.2) is 87.4 Å². The molecule has 3 aromatic rings. The van der Waals surface area contributed by atoms with E-state index < -0.39 is 0 Å². The van der Waals surface area contributed by atoms with Gasteiger partial charge in [-0.2, -0.15) is 0 Å². The number of ketones is 1. The number of anilines is 2. The Kier molecular flexibility index (Phi) is 6.37. The van der Waals surface area contributed by atoms with Crippen molar-refractivity contribution in [3.05, 3.63) is 53.6 Å². The molecule has 3 fully saturated rings. The van der Waals surface area contributed by atoms with Crippen LogP contribution in [0.2, 0.25) is 0 Å². The normalized spacial score (nSPS) is 19.5. The molecule has 0 saturated carbocycles. The third kappa shape index (κ3) is 4.47. The smallest absolute Gasteiger partial charge is 0.160 e. The summed E-state index contributed by atoms with van der Waals surface area (Å²) in [4.78, 5) is 24.9. The summed E-state index contributed by atoms with van der Waals surface area (Å²) < 4.78 is 11.0. The number of carbonyl (C=O) groups excluding carboxylic acids is 1. The fourth-order valence-corrected chi connectivity index (χ4v) is 5.56. The maximum Gasteiger partial charge on any atom is 0.160 e. The maximum absolute atomic E-state index is 12.5. The number of hydrogen-bond donors (Lipinski definition) is 0. The van der Waals surface area contributed by atoms with Gasteiger partial charge in [-0.25, -0.2) is 4.98 Å². The quantitative estimate of drug-likeness (QED) is 0.509. The van der Waals surface area contributed by atoms with E-state index in [0.29, 0.717) is 19.3 Å². The van der Waals surface area contributed by atoms with E-state index in [2.05, 4.69) is 51.1 Å². The second-order valence-corrected chi connectivity index (χ2v) is 10.2. The Balaban J connectivity index is 1.34. The minimum absolute atomic E-state index is 0.0681. The molecule has 0 N–H and O–H groups in total. The zero-order valence-corrected chi connectivity index (χ0v) is 21.2. The molecular weight excluding hydrogens is 452 g/mol. The molecule has 7 heteroatoms. The fourth-order valence-electron chi connectivity index (χ4n) is 5.56. The van der Waals surface area contributed by atoms with Gasteiger partial charge in [-0.05, 0) is 55.3 Å². The van der Waals surface area contributed by atoms with Crippen molar-refractivity contribution in [1.29, 1.82) is 0 Å². The Hall–Kier alpha value is -3.00. The van der Waals surface area contributed by atoms with Crippen LogP contribution >= 0.6 is 0 Å². The van der Waals surface area contributed by atoms with Crippen LogP contribution in [0.3, 0.4) is 0 Å². The zero-order chi connectivity index (χ0) is 24.6. The number of nitrogens with zero attached hydrogens (tertiary/aromatic N) is 4. The molecule has 0 radical (unpaired) electrons. The molecule has 0 unspecified atom stereocenters. The lowest BCUT2D eigenvalue weighted by Gasteiger charge is -2.43. The molecule has 188 valence electrons. The number of benzene rings is 2. The van der Waals surface area contributed by atoms with Crippen molar-refractivity contribution in [2.45, 2.75) is 19.9 Å². The molecule has 3 aliphatic rings. The van der Waals surface area contributed by atoms with Crippen LogP contribution < -0.4 is 9.80 Å². The van der Waals surface area contributed by atoms with Crippen molar-refractivity contribution in [3.8, 4) is 11.1 Å². The third-order valence-corrected chi connectivity index (χ3v) is 7.74. The lowest BCUT2D eigenvalue weighted by atomic mass is 9.97. The summed E-state index contributed by atoms with van der Waals surface area (Å²) in [5, 5.41) is 0.917. The van der Waals surface area contributed by atoms with Crippen LogP contribution in [0.1, 0.15) is 22.8 Å². The Morgan fingerprint density at radius 1 is 0.889 bits per heavy atom. The highest BCUT2D eigenvalue weighted by Crippen LogP contribution is 2.36.